The smallest absolute Gasteiger partial charge is 0.280 e. The van der Waals surface area contributed by atoms with E-state index < -0.39 is 17.5 Å². The molecular formula is C21H22ClN5O2S. The number of rotatable bonds is 7. The molecule has 2 aromatic heterocycles. The van der Waals surface area contributed by atoms with Gasteiger partial charge in [0, 0.05) is 39.6 Å². The standard InChI is InChI=1S/C21H22ClN5O2S/c1-4-21(2,3)24-19(28)18(14-6-5-11-23-12-14)27(16-9-7-15(22)8-10-16)20(29)17-13-30-26-25-17/h5-13,18H,4H2,1-3H3,(H,24,28)/t18-/m0/s1. The summed E-state index contributed by atoms with van der Waals surface area (Å²) in [6.07, 6.45) is 3.93. The second-order valence-corrected chi connectivity index (χ2v) is 8.40. The SMILES string of the molecule is CCC(C)(C)NC(=O)[C@H](c1cccnc1)N(C(=O)c1csnn1)c1ccc(Cl)cc1. The van der Waals surface area contributed by atoms with E-state index in [1.54, 1.807) is 54.2 Å². The van der Waals surface area contributed by atoms with Crippen LogP contribution >= 0.6 is 23.1 Å². The van der Waals surface area contributed by atoms with Crippen molar-refractivity contribution >= 4 is 40.6 Å². The van der Waals surface area contributed by atoms with Crippen molar-refractivity contribution in [3.8, 4) is 0 Å². The molecule has 0 bridgehead atoms. The minimum absolute atomic E-state index is 0.159. The van der Waals surface area contributed by atoms with Gasteiger partial charge in [0.1, 0.15) is 6.04 Å². The van der Waals surface area contributed by atoms with Crippen molar-refractivity contribution < 1.29 is 9.59 Å². The van der Waals surface area contributed by atoms with E-state index in [9.17, 15) is 9.59 Å². The number of halogens is 1. The molecule has 2 heterocycles. The van der Waals surface area contributed by atoms with E-state index >= 15 is 0 Å². The average Bonchev–Trinajstić information content (AvgIpc) is 3.27. The maximum atomic E-state index is 13.5. The zero-order valence-electron chi connectivity index (χ0n) is 16.9. The molecule has 1 atom stereocenters. The van der Waals surface area contributed by atoms with E-state index in [4.69, 9.17) is 11.6 Å². The van der Waals surface area contributed by atoms with Gasteiger partial charge >= 0.3 is 0 Å². The van der Waals surface area contributed by atoms with Crippen molar-refractivity contribution in [1.29, 1.82) is 0 Å². The third-order valence-electron chi connectivity index (χ3n) is 4.75. The lowest BCUT2D eigenvalue weighted by molar-refractivity contribution is -0.124. The lowest BCUT2D eigenvalue weighted by Crippen LogP contribution is -2.50. The molecule has 1 aromatic carbocycles. The number of pyridine rings is 1. The Bertz CT molecular complexity index is 994. The molecule has 0 unspecified atom stereocenters. The van der Waals surface area contributed by atoms with E-state index in [0.29, 0.717) is 16.3 Å². The van der Waals surface area contributed by atoms with Crippen LogP contribution in [0.3, 0.4) is 0 Å². The number of nitrogens with one attached hydrogen (secondary N) is 1. The number of anilines is 1. The Kier molecular flexibility index (Phi) is 6.79. The second-order valence-electron chi connectivity index (χ2n) is 7.36. The summed E-state index contributed by atoms with van der Waals surface area (Å²) in [6, 6.07) is 9.28. The van der Waals surface area contributed by atoms with Crippen LogP contribution in [0.5, 0.6) is 0 Å². The predicted octanol–water partition coefficient (Wildman–Crippen LogP) is 4.28. The summed E-state index contributed by atoms with van der Waals surface area (Å²) in [5.74, 6) is -0.759. The van der Waals surface area contributed by atoms with E-state index in [-0.39, 0.29) is 11.6 Å². The third-order valence-corrected chi connectivity index (χ3v) is 5.51. The molecule has 0 aliphatic rings. The maximum Gasteiger partial charge on any atom is 0.280 e. The monoisotopic (exact) mass is 443 g/mol. The summed E-state index contributed by atoms with van der Waals surface area (Å²) in [5, 5.41) is 9.04. The molecule has 0 aliphatic carbocycles. The van der Waals surface area contributed by atoms with Gasteiger partial charge in [-0.25, -0.2) is 0 Å². The maximum absolute atomic E-state index is 13.5. The van der Waals surface area contributed by atoms with Gasteiger partial charge in [0.25, 0.3) is 5.91 Å². The summed E-state index contributed by atoms with van der Waals surface area (Å²) >= 11 is 7.12. The number of amides is 2. The molecule has 0 saturated carbocycles. The van der Waals surface area contributed by atoms with E-state index in [1.165, 1.54) is 4.90 Å². The Morgan fingerprint density at radius 2 is 1.97 bits per heavy atom. The Morgan fingerprint density at radius 1 is 1.23 bits per heavy atom. The number of carbonyl (C=O) groups is 2. The quantitative estimate of drug-likeness (QED) is 0.588. The fraction of sp³-hybridized carbons (Fsp3) is 0.286. The van der Waals surface area contributed by atoms with Gasteiger partial charge in [0.05, 0.1) is 0 Å². The highest BCUT2D eigenvalue weighted by atomic mass is 35.5. The van der Waals surface area contributed by atoms with Crippen molar-refractivity contribution in [2.45, 2.75) is 38.8 Å². The highest BCUT2D eigenvalue weighted by Gasteiger charge is 2.36. The summed E-state index contributed by atoms with van der Waals surface area (Å²) < 4.78 is 3.79. The number of hydrogen-bond acceptors (Lipinski definition) is 6. The molecule has 3 rings (SSSR count). The molecule has 0 aliphatic heterocycles. The topological polar surface area (TPSA) is 88.1 Å². The lowest BCUT2D eigenvalue weighted by atomic mass is 9.99. The largest absolute Gasteiger partial charge is 0.349 e. The molecular weight excluding hydrogens is 422 g/mol. The summed E-state index contributed by atoms with van der Waals surface area (Å²) in [7, 11) is 0. The molecule has 0 spiro atoms. The molecule has 2 amide bonds. The summed E-state index contributed by atoms with van der Waals surface area (Å²) in [5.41, 5.74) is 0.796. The van der Waals surface area contributed by atoms with Crippen LogP contribution in [-0.4, -0.2) is 31.9 Å². The van der Waals surface area contributed by atoms with Crippen LogP contribution in [0.4, 0.5) is 5.69 Å². The first-order valence-electron chi connectivity index (χ1n) is 9.40. The molecule has 9 heteroatoms. The fourth-order valence-corrected chi connectivity index (χ4v) is 3.37. The Morgan fingerprint density at radius 3 is 2.53 bits per heavy atom. The first-order chi connectivity index (χ1) is 14.3. The van der Waals surface area contributed by atoms with Crippen molar-refractivity contribution in [2.24, 2.45) is 0 Å². The zero-order chi connectivity index (χ0) is 21.7. The van der Waals surface area contributed by atoms with Crippen molar-refractivity contribution in [3.05, 3.63) is 70.5 Å². The summed E-state index contributed by atoms with van der Waals surface area (Å²) in [4.78, 5) is 32.5. The zero-order valence-corrected chi connectivity index (χ0v) is 18.4. The fourth-order valence-electron chi connectivity index (χ4n) is 2.81. The minimum Gasteiger partial charge on any atom is -0.349 e. The predicted molar refractivity (Wildman–Crippen MR) is 118 cm³/mol. The first-order valence-corrected chi connectivity index (χ1v) is 10.6. The number of aromatic nitrogens is 3. The van der Waals surface area contributed by atoms with Crippen LogP contribution in [-0.2, 0) is 4.79 Å². The third kappa shape index (κ3) is 5.01. The van der Waals surface area contributed by atoms with Crippen LogP contribution < -0.4 is 10.2 Å². The highest BCUT2D eigenvalue weighted by Crippen LogP contribution is 2.31. The van der Waals surface area contributed by atoms with Crippen molar-refractivity contribution in [1.82, 2.24) is 19.9 Å². The van der Waals surface area contributed by atoms with Gasteiger partial charge in [-0.3, -0.25) is 19.5 Å². The molecule has 1 N–H and O–H groups in total. The minimum atomic E-state index is -0.958. The Hall–Kier alpha value is -2.84. The molecule has 30 heavy (non-hydrogen) atoms. The van der Waals surface area contributed by atoms with Crippen LogP contribution in [0.15, 0.2) is 54.2 Å². The molecule has 3 aromatic rings. The first kappa shape index (κ1) is 21.9. The number of hydrogen-bond donors (Lipinski definition) is 1. The van der Waals surface area contributed by atoms with Crippen LogP contribution in [0.1, 0.15) is 49.3 Å². The van der Waals surface area contributed by atoms with Gasteiger partial charge in [0.2, 0.25) is 5.91 Å². The van der Waals surface area contributed by atoms with Gasteiger partial charge in [-0.15, -0.1) is 5.10 Å². The van der Waals surface area contributed by atoms with Gasteiger partial charge in [-0.05, 0) is 62.1 Å². The van der Waals surface area contributed by atoms with Gasteiger partial charge in [-0.1, -0.05) is 29.1 Å². The van der Waals surface area contributed by atoms with Crippen LogP contribution in [0.25, 0.3) is 0 Å². The average molecular weight is 444 g/mol. The van der Waals surface area contributed by atoms with E-state index in [1.807, 2.05) is 20.8 Å². The molecule has 0 saturated heterocycles. The van der Waals surface area contributed by atoms with Crippen molar-refractivity contribution in [3.63, 3.8) is 0 Å². The number of nitrogens with zero attached hydrogens (tertiary/aromatic N) is 4. The van der Waals surface area contributed by atoms with E-state index in [0.717, 1.165) is 18.0 Å². The van der Waals surface area contributed by atoms with Crippen LogP contribution in [0.2, 0.25) is 5.02 Å². The van der Waals surface area contributed by atoms with Crippen LogP contribution in [0, 0.1) is 0 Å². The molecule has 7 nitrogen and oxygen atoms in total. The Balaban J connectivity index is 2.14. The van der Waals surface area contributed by atoms with Gasteiger partial charge in [-0.2, -0.15) is 0 Å². The molecule has 0 fully saturated rings. The normalized spacial score (nSPS) is 12.3. The van der Waals surface area contributed by atoms with Gasteiger partial charge in [0.15, 0.2) is 5.69 Å². The highest BCUT2D eigenvalue weighted by molar-refractivity contribution is 7.03. The van der Waals surface area contributed by atoms with Gasteiger partial charge < -0.3 is 5.32 Å². The molecule has 156 valence electrons. The summed E-state index contributed by atoms with van der Waals surface area (Å²) in [6.45, 7) is 5.86. The Labute approximate surface area is 184 Å². The van der Waals surface area contributed by atoms with E-state index in [2.05, 4.69) is 19.9 Å². The van der Waals surface area contributed by atoms with Crippen molar-refractivity contribution in [2.75, 3.05) is 4.90 Å². The molecule has 0 radical (unpaired) electrons. The number of benzene rings is 1. The second kappa shape index (κ2) is 9.32. The number of carbonyl (C=O) groups excluding carboxylic acids is 2. The lowest BCUT2D eigenvalue weighted by Gasteiger charge is -2.34.